The average Bonchev–Trinajstić information content (AvgIpc) is 2.29. The summed E-state index contributed by atoms with van der Waals surface area (Å²) in [4.78, 5) is 8.69. The molecular weight excluding hydrogens is 324 g/mol. The zero-order valence-corrected chi connectivity index (χ0v) is 10.3. The van der Waals surface area contributed by atoms with Gasteiger partial charge in [0.2, 0.25) is 0 Å². The van der Waals surface area contributed by atoms with Crippen molar-refractivity contribution in [3.05, 3.63) is 48.8 Å². The Bertz CT molecular complexity index is 553. The first-order chi connectivity index (χ1) is 6.95. The Kier molecular flexibility index (Phi) is 3.44. The fraction of sp³-hybridized carbons (Fsp3) is 0. The molecule has 0 saturated heterocycles. The SMILES string of the molecule is [Eu+2].c1cnc2c(c1)ccc1cccnc12. The van der Waals surface area contributed by atoms with Crippen molar-refractivity contribution in [1.29, 1.82) is 0 Å². The summed E-state index contributed by atoms with van der Waals surface area (Å²) in [5.74, 6) is 0. The normalized spacial score (nSPS) is 10.1. The van der Waals surface area contributed by atoms with Gasteiger partial charge in [-0.25, -0.2) is 0 Å². The molecule has 0 atom stereocenters. The van der Waals surface area contributed by atoms with Gasteiger partial charge < -0.3 is 0 Å². The summed E-state index contributed by atoms with van der Waals surface area (Å²) in [7, 11) is 0. The number of benzene rings is 1. The molecule has 0 spiro atoms. The van der Waals surface area contributed by atoms with E-state index >= 15 is 0 Å². The van der Waals surface area contributed by atoms with Crippen LogP contribution in [-0.2, 0) is 0 Å². The molecule has 1 radical (unpaired) electrons. The molecule has 0 fully saturated rings. The van der Waals surface area contributed by atoms with Crippen molar-refractivity contribution in [3.63, 3.8) is 0 Å². The number of hydrogen-bond acceptors (Lipinski definition) is 2. The third-order valence-electron chi connectivity index (χ3n) is 2.34. The molecule has 0 saturated carbocycles. The van der Waals surface area contributed by atoms with E-state index in [1.165, 1.54) is 0 Å². The Balaban J connectivity index is 0.000000853. The van der Waals surface area contributed by atoms with E-state index < -0.39 is 0 Å². The third kappa shape index (κ3) is 1.96. The molecule has 2 aromatic heterocycles. The van der Waals surface area contributed by atoms with E-state index in [0.29, 0.717) is 0 Å². The summed E-state index contributed by atoms with van der Waals surface area (Å²) >= 11 is 0. The van der Waals surface area contributed by atoms with Gasteiger partial charge in [0.05, 0.1) is 11.0 Å². The fourth-order valence-corrected chi connectivity index (χ4v) is 1.68. The molecule has 71 valence electrons. The molecule has 0 aliphatic rings. The van der Waals surface area contributed by atoms with Crippen LogP contribution < -0.4 is 0 Å². The van der Waals surface area contributed by atoms with Crippen molar-refractivity contribution in [1.82, 2.24) is 9.97 Å². The quantitative estimate of drug-likeness (QED) is 0.592. The number of rotatable bonds is 0. The van der Waals surface area contributed by atoms with Gasteiger partial charge >= 0.3 is 49.4 Å². The van der Waals surface area contributed by atoms with Crippen LogP contribution >= 0.6 is 0 Å². The minimum atomic E-state index is 0. The first kappa shape index (κ1) is 11.1. The van der Waals surface area contributed by atoms with Crippen LogP contribution in [0.1, 0.15) is 0 Å². The van der Waals surface area contributed by atoms with Crippen LogP contribution in [-0.4, -0.2) is 9.97 Å². The number of aromatic nitrogens is 2. The van der Waals surface area contributed by atoms with Crippen molar-refractivity contribution in [2.75, 3.05) is 0 Å². The van der Waals surface area contributed by atoms with Crippen LogP contribution in [0.5, 0.6) is 0 Å². The van der Waals surface area contributed by atoms with Crippen LogP contribution in [0.4, 0.5) is 0 Å². The smallest absolute Gasteiger partial charge is 0.254 e. The van der Waals surface area contributed by atoms with E-state index in [1.54, 1.807) is 12.4 Å². The number of nitrogens with zero attached hydrogens (tertiary/aromatic N) is 2. The summed E-state index contributed by atoms with van der Waals surface area (Å²) < 4.78 is 0. The summed E-state index contributed by atoms with van der Waals surface area (Å²) in [5, 5.41) is 2.28. The summed E-state index contributed by atoms with van der Waals surface area (Å²) in [6, 6.07) is 12.1. The van der Waals surface area contributed by atoms with E-state index in [1.807, 2.05) is 12.1 Å². The Morgan fingerprint density at radius 1 is 0.667 bits per heavy atom. The van der Waals surface area contributed by atoms with E-state index in [2.05, 4.69) is 34.2 Å². The second-order valence-corrected chi connectivity index (χ2v) is 3.22. The maximum atomic E-state index is 4.35. The van der Waals surface area contributed by atoms with E-state index in [4.69, 9.17) is 0 Å². The molecule has 3 heteroatoms. The Labute approximate surface area is 128 Å². The molecular formula is C12H8EuN2+2. The molecule has 1 aromatic carbocycles. The van der Waals surface area contributed by atoms with Crippen LogP contribution in [0.3, 0.4) is 0 Å². The monoisotopic (exact) mass is 333 g/mol. The predicted octanol–water partition coefficient (Wildman–Crippen LogP) is 2.78. The minimum Gasteiger partial charge on any atom is -0.254 e. The minimum absolute atomic E-state index is 0. The average molecular weight is 332 g/mol. The number of pyridine rings is 2. The molecule has 0 unspecified atom stereocenters. The second-order valence-electron chi connectivity index (χ2n) is 3.22. The van der Waals surface area contributed by atoms with Crippen LogP contribution in [0, 0.1) is 49.4 Å². The van der Waals surface area contributed by atoms with Gasteiger partial charge in [0.15, 0.2) is 0 Å². The van der Waals surface area contributed by atoms with Crippen LogP contribution in [0.25, 0.3) is 21.8 Å². The summed E-state index contributed by atoms with van der Waals surface area (Å²) in [6.07, 6.45) is 3.60. The number of fused-ring (bicyclic) bond motifs is 3. The molecule has 0 aliphatic heterocycles. The largest absolute Gasteiger partial charge is 2.00 e. The van der Waals surface area contributed by atoms with Gasteiger partial charge in [-0.2, -0.15) is 0 Å². The van der Waals surface area contributed by atoms with E-state index in [9.17, 15) is 0 Å². The van der Waals surface area contributed by atoms with Gasteiger partial charge in [0.1, 0.15) is 0 Å². The molecule has 0 N–H and O–H groups in total. The molecule has 0 amide bonds. The zero-order valence-electron chi connectivity index (χ0n) is 7.89. The van der Waals surface area contributed by atoms with Crippen molar-refractivity contribution < 1.29 is 49.4 Å². The maximum Gasteiger partial charge on any atom is 2.00 e. The Morgan fingerprint density at radius 2 is 1.13 bits per heavy atom. The van der Waals surface area contributed by atoms with Gasteiger partial charge in [-0.3, -0.25) is 9.97 Å². The molecule has 3 rings (SSSR count). The molecule has 2 nitrogen and oxygen atoms in total. The predicted molar refractivity (Wildman–Crippen MR) is 57.0 cm³/mol. The van der Waals surface area contributed by atoms with Gasteiger partial charge in [-0.05, 0) is 12.1 Å². The van der Waals surface area contributed by atoms with Crippen molar-refractivity contribution in [2.45, 2.75) is 0 Å². The standard InChI is InChI=1S/C12H8N2.Eu/c1-3-9-5-6-10-4-2-8-14-12(10)11(9)13-7-1;/h1-8H;/q;+2. The first-order valence-corrected chi connectivity index (χ1v) is 4.53. The Hall–Kier alpha value is -0.376. The molecule has 3 aromatic rings. The zero-order chi connectivity index (χ0) is 9.38. The molecule has 15 heavy (non-hydrogen) atoms. The molecule has 2 heterocycles. The summed E-state index contributed by atoms with van der Waals surface area (Å²) in [6.45, 7) is 0. The molecule has 0 bridgehead atoms. The Morgan fingerprint density at radius 3 is 1.60 bits per heavy atom. The van der Waals surface area contributed by atoms with Gasteiger partial charge in [0.25, 0.3) is 0 Å². The van der Waals surface area contributed by atoms with Crippen molar-refractivity contribution >= 4 is 21.8 Å². The van der Waals surface area contributed by atoms with Crippen LogP contribution in [0.15, 0.2) is 48.8 Å². The maximum absolute atomic E-state index is 4.35. The topological polar surface area (TPSA) is 25.8 Å². The number of hydrogen-bond donors (Lipinski definition) is 0. The summed E-state index contributed by atoms with van der Waals surface area (Å²) in [5.41, 5.74) is 1.95. The van der Waals surface area contributed by atoms with E-state index in [-0.39, 0.29) is 49.4 Å². The van der Waals surface area contributed by atoms with Gasteiger partial charge in [0, 0.05) is 23.2 Å². The van der Waals surface area contributed by atoms with Crippen molar-refractivity contribution in [3.8, 4) is 0 Å². The van der Waals surface area contributed by atoms with Crippen molar-refractivity contribution in [2.24, 2.45) is 0 Å². The molecule has 0 aliphatic carbocycles. The van der Waals surface area contributed by atoms with Gasteiger partial charge in [-0.1, -0.05) is 24.3 Å². The second kappa shape index (κ2) is 4.64. The first-order valence-electron chi connectivity index (χ1n) is 4.53. The third-order valence-corrected chi connectivity index (χ3v) is 2.34. The van der Waals surface area contributed by atoms with Crippen LogP contribution in [0.2, 0.25) is 0 Å². The fourth-order valence-electron chi connectivity index (χ4n) is 1.68. The van der Waals surface area contributed by atoms with Gasteiger partial charge in [-0.15, -0.1) is 0 Å². The van der Waals surface area contributed by atoms with E-state index in [0.717, 1.165) is 21.8 Å².